The molecule has 2 fully saturated rings. The number of fused-ring (bicyclic) bond motifs is 5. The second kappa shape index (κ2) is 12.8. The van der Waals surface area contributed by atoms with Crippen LogP contribution in [0.4, 0.5) is 0 Å². The van der Waals surface area contributed by atoms with Crippen LogP contribution in [0, 0.1) is 23.2 Å². The number of rotatable bonds is 13. The van der Waals surface area contributed by atoms with Gasteiger partial charge in [-0.05, 0) is 122 Å². The van der Waals surface area contributed by atoms with Gasteiger partial charge < -0.3 is 18.6 Å². The SMILES string of the molecule is C=CCCCC[C@@H]1Cc2cc(OCOCCOC)ccc2[C@H]2CC[C@]3(C)[C@@H](O[Si](C)(C)C(C)(C)C)CC[C@H]3[C@H]12. The molecule has 2 saturated carbocycles. The number of ether oxygens (including phenoxy) is 3. The molecule has 0 radical (unpaired) electrons. The highest BCUT2D eigenvalue weighted by Gasteiger charge is 2.58. The Balaban J connectivity index is 1.55. The van der Waals surface area contributed by atoms with Gasteiger partial charge in [-0.15, -0.1) is 6.58 Å². The maximum Gasteiger partial charge on any atom is 0.192 e. The molecule has 1 aromatic carbocycles. The van der Waals surface area contributed by atoms with Crippen LogP contribution in [0.25, 0.3) is 0 Å². The molecular formula is C34H56O4Si. The second-order valence-corrected chi connectivity index (χ2v) is 19.1. The number of hydrogen-bond acceptors (Lipinski definition) is 4. The van der Waals surface area contributed by atoms with Crippen molar-refractivity contribution in [2.75, 3.05) is 27.1 Å². The summed E-state index contributed by atoms with van der Waals surface area (Å²) in [4.78, 5) is 0. The van der Waals surface area contributed by atoms with Gasteiger partial charge in [0.05, 0.1) is 19.3 Å². The molecule has 0 aromatic heterocycles. The molecule has 0 amide bonds. The van der Waals surface area contributed by atoms with E-state index >= 15 is 0 Å². The van der Waals surface area contributed by atoms with E-state index in [2.05, 4.69) is 71.6 Å². The Hall–Kier alpha value is -1.14. The summed E-state index contributed by atoms with van der Waals surface area (Å²) in [5, 5.41) is 0.255. The Kier molecular flexibility index (Phi) is 10.1. The zero-order valence-corrected chi connectivity index (χ0v) is 27.0. The monoisotopic (exact) mass is 556 g/mol. The van der Waals surface area contributed by atoms with Crippen molar-refractivity contribution in [2.45, 2.75) is 116 Å². The van der Waals surface area contributed by atoms with Crippen LogP contribution in [0.5, 0.6) is 5.75 Å². The molecule has 0 spiro atoms. The highest BCUT2D eigenvalue weighted by molar-refractivity contribution is 6.74. The Morgan fingerprint density at radius 1 is 1.10 bits per heavy atom. The highest BCUT2D eigenvalue weighted by atomic mass is 28.4. The summed E-state index contributed by atoms with van der Waals surface area (Å²) in [7, 11) is -0.117. The predicted molar refractivity (Wildman–Crippen MR) is 164 cm³/mol. The molecule has 0 aliphatic heterocycles. The van der Waals surface area contributed by atoms with Gasteiger partial charge in [-0.3, -0.25) is 0 Å². The molecular weight excluding hydrogens is 500 g/mol. The van der Waals surface area contributed by atoms with E-state index in [4.69, 9.17) is 18.6 Å². The third-order valence-electron chi connectivity index (χ3n) is 11.0. The van der Waals surface area contributed by atoms with Crippen LogP contribution in [0.1, 0.15) is 96.1 Å². The molecule has 5 heteroatoms. The van der Waals surface area contributed by atoms with E-state index in [1.165, 1.54) is 56.9 Å². The second-order valence-electron chi connectivity index (χ2n) is 14.3. The Bertz CT molecular complexity index is 953. The fourth-order valence-corrected chi connectivity index (χ4v) is 9.27. The average Bonchev–Trinajstić information content (AvgIpc) is 3.20. The summed E-state index contributed by atoms with van der Waals surface area (Å²) in [5.74, 6) is 3.84. The van der Waals surface area contributed by atoms with Gasteiger partial charge in [0.15, 0.2) is 15.1 Å². The molecule has 6 atom stereocenters. The molecule has 0 bridgehead atoms. The average molecular weight is 557 g/mol. The summed E-state index contributed by atoms with van der Waals surface area (Å²) in [6.07, 6.45) is 13.8. The van der Waals surface area contributed by atoms with Crippen LogP contribution in [0.2, 0.25) is 18.1 Å². The van der Waals surface area contributed by atoms with Gasteiger partial charge >= 0.3 is 0 Å². The summed E-state index contributed by atoms with van der Waals surface area (Å²) >= 11 is 0. The van der Waals surface area contributed by atoms with Crippen LogP contribution >= 0.6 is 0 Å². The third-order valence-corrected chi connectivity index (χ3v) is 15.5. The first-order valence-electron chi connectivity index (χ1n) is 15.6. The lowest BCUT2D eigenvalue weighted by Gasteiger charge is -2.54. The van der Waals surface area contributed by atoms with Crippen LogP contribution in [0.15, 0.2) is 30.9 Å². The predicted octanol–water partition coefficient (Wildman–Crippen LogP) is 8.90. The first-order valence-corrected chi connectivity index (χ1v) is 18.5. The molecule has 4 nitrogen and oxygen atoms in total. The molecule has 1 aromatic rings. The van der Waals surface area contributed by atoms with E-state index in [0.717, 1.165) is 29.9 Å². The standard InChI is InChI=1S/C34H56O4Si/c1-9-10-11-12-13-25-22-26-23-27(37-24-36-21-20-35-6)14-15-28(26)29-18-19-34(5)30(32(25)29)16-17-31(34)38-39(7,8)33(2,3)4/h9,14-15,23,25,29-32H,1,10-13,16-22,24H2,2-8H3/t25-,29-,30+,31+,32-,34+/m1/s1. The maximum absolute atomic E-state index is 7.20. The van der Waals surface area contributed by atoms with Crippen LogP contribution < -0.4 is 4.74 Å². The normalized spacial score (nSPS) is 30.4. The lowest BCUT2D eigenvalue weighted by Crippen LogP contribution is -2.51. The molecule has 0 unspecified atom stereocenters. The first-order chi connectivity index (χ1) is 18.5. The number of allylic oxidation sites excluding steroid dienone is 1. The number of unbranched alkanes of at least 4 members (excludes halogenated alkanes) is 2. The molecule has 0 N–H and O–H groups in total. The highest BCUT2D eigenvalue weighted by Crippen LogP contribution is 2.64. The van der Waals surface area contributed by atoms with Gasteiger partial charge in [0.25, 0.3) is 0 Å². The zero-order chi connectivity index (χ0) is 28.3. The van der Waals surface area contributed by atoms with Crippen molar-refractivity contribution in [1.82, 2.24) is 0 Å². The van der Waals surface area contributed by atoms with Crippen molar-refractivity contribution < 1.29 is 18.6 Å². The number of hydrogen-bond donors (Lipinski definition) is 0. The zero-order valence-electron chi connectivity index (χ0n) is 26.0. The molecule has 3 aliphatic carbocycles. The smallest absolute Gasteiger partial charge is 0.192 e. The first kappa shape index (κ1) is 30.8. The fourth-order valence-electron chi connectivity index (χ4n) is 7.82. The molecule has 0 saturated heterocycles. The van der Waals surface area contributed by atoms with E-state index in [1.54, 1.807) is 12.7 Å². The largest absolute Gasteiger partial charge is 0.468 e. The molecule has 220 valence electrons. The summed E-state index contributed by atoms with van der Waals surface area (Å²) in [5.41, 5.74) is 3.40. The van der Waals surface area contributed by atoms with Crippen molar-refractivity contribution >= 4 is 8.32 Å². The Morgan fingerprint density at radius 2 is 1.90 bits per heavy atom. The lowest BCUT2D eigenvalue weighted by molar-refractivity contribution is -0.0345. The van der Waals surface area contributed by atoms with Gasteiger partial charge in [0, 0.05) is 7.11 Å². The topological polar surface area (TPSA) is 36.9 Å². The minimum absolute atomic E-state index is 0.255. The summed E-state index contributed by atoms with van der Waals surface area (Å²) in [6, 6.07) is 6.87. The van der Waals surface area contributed by atoms with Crippen molar-refractivity contribution in [2.24, 2.45) is 23.2 Å². The van der Waals surface area contributed by atoms with Crippen LogP contribution in [-0.4, -0.2) is 41.5 Å². The maximum atomic E-state index is 7.20. The fraction of sp³-hybridized carbons (Fsp3) is 0.765. The lowest BCUT2D eigenvalue weighted by atomic mass is 9.52. The third kappa shape index (κ3) is 6.68. The van der Waals surface area contributed by atoms with E-state index in [0.29, 0.717) is 30.7 Å². The van der Waals surface area contributed by atoms with Crippen molar-refractivity contribution in [3.8, 4) is 5.75 Å². The van der Waals surface area contributed by atoms with Gasteiger partial charge in [-0.25, -0.2) is 0 Å². The molecule has 39 heavy (non-hydrogen) atoms. The Labute approximate surface area is 240 Å². The van der Waals surface area contributed by atoms with Gasteiger partial charge in [-0.2, -0.15) is 0 Å². The van der Waals surface area contributed by atoms with Gasteiger partial charge in [0.1, 0.15) is 5.75 Å². The van der Waals surface area contributed by atoms with Gasteiger partial charge in [0.2, 0.25) is 0 Å². The quantitative estimate of drug-likeness (QED) is 0.105. The Morgan fingerprint density at radius 3 is 2.62 bits per heavy atom. The van der Waals surface area contributed by atoms with Crippen LogP contribution in [-0.2, 0) is 20.3 Å². The molecule has 0 heterocycles. The minimum Gasteiger partial charge on any atom is -0.468 e. The van der Waals surface area contributed by atoms with E-state index in [1.807, 2.05) is 0 Å². The number of benzene rings is 1. The van der Waals surface area contributed by atoms with E-state index < -0.39 is 8.32 Å². The summed E-state index contributed by atoms with van der Waals surface area (Å²) < 4.78 is 23.8. The van der Waals surface area contributed by atoms with Crippen molar-refractivity contribution in [3.63, 3.8) is 0 Å². The summed E-state index contributed by atoms with van der Waals surface area (Å²) in [6.45, 7) is 20.0. The van der Waals surface area contributed by atoms with Gasteiger partial charge in [-0.1, -0.05) is 46.3 Å². The van der Waals surface area contributed by atoms with Crippen molar-refractivity contribution in [1.29, 1.82) is 0 Å². The number of methoxy groups -OCH3 is 1. The van der Waals surface area contributed by atoms with Crippen LogP contribution in [0.3, 0.4) is 0 Å². The van der Waals surface area contributed by atoms with E-state index in [-0.39, 0.29) is 11.8 Å². The molecule has 4 rings (SSSR count). The van der Waals surface area contributed by atoms with Crippen molar-refractivity contribution in [3.05, 3.63) is 42.0 Å². The minimum atomic E-state index is -1.81. The molecule has 3 aliphatic rings. The van der Waals surface area contributed by atoms with E-state index in [9.17, 15) is 0 Å².